The number of nitrogens with zero attached hydrogens (tertiary/aromatic N) is 4. The van der Waals surface area contributed by atoms with E-state index in [1.807, 2.05) is 53.4 Å². The van der Waals surface area contributed by atoms with E-state index in [2.05, 4.69) is 4.98 Å². The predicted octanol–water partition coefficient (Wildman–Crippen LogP) is 1.96. The average Bonchev–Trinajstić information content (AvgIpc) is 3.11. The first kappa shape index (κ1) is 18.0. The van der Waals surface area contributed by atoms with Crippen molar-refractivity contribution >= 4 is 17.5 Å². The van der Waals surface area contributed by atoms with Crippen LogP contribution < -0.4 is 0 Å². The molecule has 2 aliphatic rings. The Morgan fingerprint density at radius 3 is 2.56 bits per heavy atom. The molecular weight excluding hydrogens is 344 g/mol. The fourth-order valence-corrected chi connectivity index (χ4v) is 4.77. The standard InChI is InChI=1S/C20H26N4O3/c1-13-4-5-16-21-14(2)17(24(16)11-13)18(25)23-8-6-20(7-9-23)10-15(19(26)27)22(3)12-20/h4-5,11,15H,6-10,12H2,1-3H3,(H,26,27)/t15-/m1/s1. The number of carboxylic acids is 1. The molecule has 144 valence electrons. The van der Waals surface area contributed by atoms with Crippen LogP contribution in [0.3, 0.4) is 0 Å². The van der Waals surface area contributed by atoms with Gasteiger partial charge in [-0.2, -0.15) is 0 Å². The van der Waals surface area contributed by atoms with Crippen LogP contribution in [0.15, 0.2) is 18.3 Å². The fourth-order valence-electron chi connectivity index (χ4n) is 4.77. The van der Waals surface area contributed by atoms with Crippen molar-refractivity contribution in [3.8, 4) is 0 Å². The molecule has 0 unspecified atom stereocenters. The molecule has 0 radical (unpaired) electrons. The van der Waals surface area contributed by atoms with Crippen LogP contribution in [0.2, 0.25) is 0 Å². The molecule has 7 heteroatoms. The van der Waals surface area contributed by atoms with Crippen molar-refractivity contribution in [1.82, 2.24) is 19.2 Å². The molecule has 2 saturated heterocycles. The molecule has 0 bridgehead atoms. The number of fused-ring (bicyclic) bond motifs is 1. The maximum absolute atomic E-state index is 13.2. The van der Waals surface area contributed by atoms with E-state index in [1.165, 1.54) is 0 Å². The number of hydrogen-bond donors (Lipinski definition) is 1. The third kappa shape index (κ3) is 3.00. The van der Waals surface area contributed by atoms with Gasteiger partial charge >= 0.3 is 5.97 Å². The minimum atomic E-state index is -0.746. The number of imidazole rings is 1. The Labute approximate surface area is 158 Å². The SMILES string of the molecule is Cc1ccc2nc(C)c(C(=O)N3CCC4(CC3)C[C@H](C(=O)O)N(C)C4)n2c1. The molecule has 0 aromatic carbocycles. The summed E-state index contributed by atoms with van der Waals surface area (Å²) in [6, 6.07) is 3.53. The van der Waals surface area contributed by atoms with E-state index in [1.54, 1.807) is 0 Å². The van der Waals surface area contributed by atoms with Gasteiger partial charge in [-0.3, -0.25) is 18.9 Å². The van der Waals surface area contributed by atoms with Gasteiger partial charge in [-0.05, 0) is 57.2 Å². The van der Waals surface area contributed by atoms with Gasteiger partial charge in [0, 0.05) is 25.8 Å². The highest BCUT2D eigenvalue weighted by molar-refractivity contribution is 5.94. The van der Waals surface area contributed by atoms with Gasteiger partial charge in [0.2, 0.25) is 0 Å². The van der Waals surface area contributed by atoms with Crippen LogP contribution in [0.4, 0.5) is 0 Å². The molecule has 0 aliphatic carbocycles. The number of rotatable bonds is 2. The topological polar surface area (TPSA) is 78.1 Å². The van der Waals surface area contributed by atoms with Crippen molar-refractivity contribution in [3.05, 3.63) is 35.3 Å². The molecule has 2 fully saturated rings. The van der Waals surface area contributed by atoms with E-state index < -0.39 is 12.0 Å². The van der Waals surface area contributed by atoms with Crippen molar-refractivity contribution in [3.63, 3.8) is 0 Å². The maximum Gasteiger partial charge on any atom is 0.320 e. The molecule has 7 nitrogen and oxygen atoms in total. The quantitative estimate of drug-likeness (QED) is 0.874. The van der Waals surface area contributed by atoms with Crippen LogP contribution in [0.1, 0.15) is 41.0 Å². The van der Waals surface area contributed by atoms with E-state index in [0.717, 1.165) is 36.3 Å². The van der Waals surface area contributed by atoms with Crippen molar-refractivity contribution < 1.29 is 14.7 Å². The van der Waals surface area contributed by atoms with Crippen molar-refractivity contribution in [2.24, 2.45) is 5.41 Å². The highest BCUT2D eigenvalue weighted by Crippen LogP contribution is 2.43. The molecule has 0 saturated carbocycles. The molecule has 1 N–H and O–H groups in total. The van der Waals surface area contributed by atoms with E-state index in [-0.39, 0.29) is 11.3 Å². The largest absolute Gasteiger partial charge is 0.480 e. The van der Waals surface area contributed by atoms with Crippen molar-refractivity contribution in [2.45, 2.75) is 39.2 Å². The van der Waals surface area contributed by atoms with Gasteiger partial charge in [0.1, 0.15) is 17.4 Å². The molecule has 2 aliphatic heterocycles. The van der Waals surface area contributed by atoms with Crippen LogP contribution in [0, 0.1) is 19.3 Å². The van der Waals surface area contributed by atoms with Gasteiger partial charge in [0.05, 0.1) is 5.69 Å². The highest BCUT2D eigenvalue weighted by atomic mass is 16.4. The maximum atomic E-state index is 13.2. The summed E-state index contributed by atoms with van der Waals surface area (Å²) in [6.45, 7) is 6.00. The van der Waals surface area contributed by atoms with Crippen molar-refractivity contribution in [1.29, 1.82) is 0 Å². The molecule has 1 amide bonds. The summed E-state index contributed by atoms with van der Waals surface area (Å²) in [5.74, 6) is -0.730. The summed E-state index contributed by atoms with van der Waals surface area (Å²) in [6.07, 6.45) is 4.33. The second-order valence-electron chi connectivity index (χ2n) is 8.25. The number of aryl methyl sites for hydroxylation is 2. The van der Waals surface area contributed by atoms with E-state index in [9.17, 15) is 14.7 Å². The van der Waals surface area contributed by atoms with E-state index >= 15 is 0 Å². The number of likely N-dealkylation sites (tertiary alicyclic amines) is 2. The number of pyridine rings is 1. The molecule has 4 heterocycles. The summed E-state index contributed by atoms with van der Waals surface area (Å²) in [5.41, 5.74) is 3.27. The number of hydrogen-bond acceptors (Lipinski definition) is 4. The highest BCUT2D eigenvalue weighted by Gasteiger charge is 2.47. The van der Waals surface area contributed by atoms with Crippen LogP contribution in [0.25, 0.3) is 5.65 Å². The van der Waals surface area contributed by atoms with Gasteiger partial charge in [-0.1, -0.05) is 6.07 Å². The minimum Gasteiger partial charge on any atom is -0.480 e. The van der Waals surface area contributed by atoms with Crippen LogP contribution >= 0.6 is 0 Å². The first-order chi connectivity index (χ1) is 12.8. The Morgan fingerprint density at radius 2 is 1.93 bits per heavy atom. The number of likely N-dealkylation sites (N-methyl/N-ethyl adjacent to an activating group) is 1. The number of piperidine rings is 1. The molecule has 4 rings (SSSR count). The molecule has 1 atom stereocenters. The zero-order valence-corrected chi connectivity index (χ0v) is 16.1. The predicted molar refractivity (Wildman–Crippen MR) is 101 cm³/mol. The molecule has 2 aromatic rings. The molecule has 27 heavy (non-hydrogen) atoms. The second kappa shape index (κ2) is 6.34. The number of aromatic nitrogens is 2. The van der Waals surface area contributed by atoms with Gasteiger partial charge in [-0.15, -0.1) is 0 Å². The Morgan fingerprint density at radius 1 is 1.22 bits per heavy atom. The molecular formula is C20H26N4O3. The fraction of sp³-hybridized carbons (Fsp3) is 0.550. The Hall–Kier alpha value is -2.41. The normalized spacial score (nSPS) is 22.6. The number of carbonyl (C=O) groups is 2. The average molecular weight is 370 g/mol. The number of aliphatic carboxylic acids is 1. The molecule has 2 aromatic heterocycles. The van der Waals surface area contributed by atoms with Gasteiger partial charge < -0.3 is 10.0 Å². The Kier molecular flexibility index (Phi) is 4.22. The summed E-state index contributed by atoms with van der Waals surface area (Å²) in [5, 5.41) is 9.40. The minimum absolute atomic E-state index is 0.0136. The lowest BCUT2D eigenvalue weighted by Crippen LogP contribution is -2.44. The summed E-state index contributed by atoms with van der Waals surface area (Å²) in [4.78, 5) is 33.0. The zero-order chi connectivity index (χ0) is 19.3. The molecule has 1 spiro atoms. The Bertz CT molecular complexity index is 911. The summed E-state index contributed by atoms with van der Waals surface area (Å²) < 4.78 is 1.89. The van der Waals surface area contributed by atoms with Gasteiger partial charge in [-0.25, -0.2) is 4.98 Å². The van der Waals surface area contributed by atoms with E-state index in [0.29, 0.717) is 25.2 Å². The van der Waals surface area contributed by atoms with Gasteiger partial charge in [0.25, 0.3) is 5.91 Å². The lowest BCUT2D eigenvalue weighted by Gasteiger charge is -2.39. The van der Waals surface area contributed by atoms with Crippen LogP contribution in [-0.4, -0.2) is 68.9 Å². The third-order valence-corrected chi connectivity index (χ3v) is 6.28. The third-order valence-electron chi connectivity index (χ3n) is 6.28. The van der Waals surface area contributed by atoms with Crippen LogP contribution in [-0.2, 0) is 4.79 Å². The Balaban J connectivity index is 1.52. The first-order valence-corrected chi connectivity index (χ1v) is 9.47. The van der Waals surface area contributed by atoms with Crippen molar-refractivity contribution in [2.75, 3.05) is 26.7 Å². The number of carboxylic acid groups (broad SMARTS) is 1. The zero-order valence-electron chi connectivity index (χ0n) is 16.1. The number of carbonyl (C=O) groups excluding carboxylic acids is 1. The first-order valence-electron chi connectivity index (χ1n) is 9.47. The lowest BCUT2D eigenvalue weighted by atomic mass is 9.76. The summed E-state index contributed by atoms with van der Waals surface area (Å²) in [7, 11) is 1.88. The van der Waals surface area contributed by atoms with E-state index in [4.69, 9.17) is 0 Å². The van der Waals surface area contributed by atoms with Crippen LogP contribution in [0.5, 0.6) is 0 Å². The monoisotopic (exact) mass is 370 g/mol. The summed E-state index contributed by atoms with van der Waals surface area (Å²) >= 11 is 0. The lowest BCUT2D eigenvalue weighted by molar-refractivity contribution is -0.141. The number of amides is 1. The smallest absolute Gasteiger partial charge is 0.320 e. The van der Waals surface area contributed by atoms with Gasteiger partial charge in [0.15, 0.2) is 0 Å². The second-order valence-corrected chi connectivity index (χ2v) is 8.25.